The molecule has 100 valence electrons. The van der Waals surface area contributed by atoms with Gasteiger partial charge in [0, 0.05) is 11.9 Å². The maximum absolute atomic E-state index is 11.4. The minimum Gasteiger partial charge on any atom is -0.489 e. The highest BCUT2D eigenvalue weighted by molar-refractivity contribution is 7.90. The Kier molecular flexibility index (Phi) is 3.76. The quantitative estimate of drug-likeness (QED) is 0.870. The average Bonchev–Trinajstić information content (AvgIpc) is 2.36. The normalized spacial score (nSPS) is 11.2. The molecule has 5 heteroatoms. The number of nitrogen functional groups attached to an aromatic ring is 1. The van der Waals surface area contributed by atoms with Gasteiger partial charge in [0.05, 0.1) is 4.90 Å². The van der Waals surface area contributed by atoms with Gasteiger partial charge in [-0.25, -0.2) is 8.42 Å². The van der Waals surface area contributed by atoms with Gasteiger partial charge < -0.3 is 10.5 Å². The van der Waals surface area contributed by atoms with E-state index in [0.717, 1.165) is 5.56 Å². The van der Waals surface area contributed by atoms with Crippen LogP contribution in [0.15, 0.2) is 53.4 Å². The van der Waals surface area contributed by atoms with Crippen LogP contribution in [0.1, 0.15) is 5.56 Å². The number of nitrogens with two attached hydrogens (primary N) is 1. The van der Waals surface area contributed by atoms with Crippen molar-refractivity contribution in [1.29, 1.82) is 0 Å². The van der Waals surface area contributed by atoms with Gasteiger partial charge in [-0.2, -0.15) is 0 Å². The minimum atomic E-state index is -3.21. The van der Waals surface area contributed by atoms with Gasteiger partial charge in [0.1, 0.15) is 12.4 Å². The first-order valence-corrected chi connectivity index (χ1v) is 7.61. The third kappa shape index (κ3) is 3.72. The summed E-state index contributed by atoms with van der Waals surface area (Å²) in [5, 5.41) is 0. The van der Waals surface area contributed by atoms with Gasteiger partial charge in [-0.3, -0.25) is 0 Å². The van der Waals surface area contributed by atoms with Crippen molar-refractivity contribution >= 4 is 15.5 Å². The van der Waals surface area contributed by atoms with Crippen molar-refractivity contribution in [3.05, 3.63) is 54.1 Å². The summed E-state index contributed by atoms with van der Waals surface area (Å²) in [6, 6.07) is 13.8. The number of sulfone groups is 1. The van der Waals surface area contributed by atoms with Crippen molar-refractivity contribution < 1.29 is 13.2 Å². The SMILES string of the molecule is CS(=O)(=O)c1cccc(OCc2cccc(N)c2)c1. The van der Waals surface area contributed by atoms with Crippen LogP contribution in [0, 0.1) is 0 Å². The van der Waals surface area contributed by atoms with Crippen molar-refractivity contribution in [1.82, 2.24) is 0 Å². The first-order chi connectivity index (χ1) is 8.95. The van der Waals surface area contributed by atoms with Crippen LogP contribution in [0.3, 0.4) is 0 Å². The van der Waals surface area contributed by atoms with E-state index in [4.69, 9.17) is 10.5 Å². The minimum absolute atomic E-state index is 0.248. The lowest BCUT2D eigenvalue weighted by Crippen LogP contribution is -1.99. The van der Waals surface area contributed by atoms with Crippen molar-refractivity contribution in [3.8, 4) is 5.75 Å². The third-order valence-electron chi connectivity index (χ3n) is 2.59. The molecular formula is C14H15NO3S. The summed E-state index contributed by atoms with van der Waals surface area (Å²) < 4.78 is 28.4. The number of anilines is 1. The fourth-order valence-electron chi connectivity index (χ4n) is 1.64. The molecule has 0 saturated heterocycles. The molecule has 0 bridgehead atoms. The molecular weight excluding hydrogens is 262 g/mol. The molecule has 2 aromatic carbocycles. The Balaban J connectivity index is 2.12. The van der Waals surface area contributed by atoms with Crippen LogP contribution in [-0.2, 0) is 16.4 Å². The summed E-state index contributed by atoms with van der Waals surface area (Å²) >= 11 is 0. The maximum Gasteiger partial charge on any atom is 0.175 e. The lowest BCUT2D eigenvalue weighted by Gasteiger charge is -2.08. The highest BCUT2D eigenvalue weighted by Gasteiger charge is 2.07. The van der Waals surface area contributed by atoms with Gasteiger partial charge in [-0.1, -0.05) is 18.2 Å². The Hall–Kier alpha value is -2.01. The second-order valence-electron chi connectivity index (χ2n) is 4.28. The molecule has 0 radical (unpaired) electrons. The van der Waals surface area contributed by atoms with E-state index in [1.807, 2.05) is 18.2 Å². The van der Waals surface area contributed by atoms with Crippen molar-refractivity contribution in [2.75, 3.05) is 12.0 Å². The Morgan fingerprint density at radius 2 is 1.84 bits per heavy atom. The summed E-state index contributed by atoms with van der Waals surface area (Å²) in [7, 11) is -3.21. The zero-order valence-electron chi connectivity index (χ0n) is 10.5. The fourth-order valence-corrected chi connectivity index (χ4v) is 2.30. The zero-order chi connectivity index (χ0) is 13.9. The molecule has 0 aliphatic heterocycles. The number of rotatable bonds is 4. The predicted molar refractivity (Wildman–Crippen MR) is 74.7 cm³/mol. The second kappa shape index (κ2) is 5.32. The molecule has 0 atom stereocenters. The van der Waals surface area contributed by atoms with Crippen molar-refractivity contribution in [3.63, 3.8) is 0 Å². The third-order valence-corrected chi connectivity index (χ3v) is 3.70. The molecule has 0 aromatic heterocycles. The highest BCUT2D eigenvalue weighted by Crippen LogP contribution is 2.19. The number of benzene rings is 2. The van der Waals surface area contributed by atoms with E-state index in [-0.39, 0.29) is 4.90 Å². The van der Waals surface area contributed by atoms with E-state index >= 15 is 0 Å². The summed E-state index contributed by atoms with van der Waals surface area (Å²) in [5.41, 5.74) is 7.28. The molecule has 0 spiro atoms. The van der Waals surface area contributed by atoms with Crippen LogP contribution in [0.2, 0.25) is 0 Å². The molecule has 0 heterocycles. The van der Waals surface area contributed by atoms with Crippen LogP contribution in [-0.4, -0.2) is 14.7 Å². The lowest BCUT2D eigenvalue weighted by atomic mass is 10.2. The van der Waals surface area contributed by atoms with Crippen LogP contribution >= 0.6 is 0 Å². The van der Waals surface area contributed by atoms with E-state index in [9.17, 15) is 8.42 Å². The van der Waals surface area contributed by atoms with Crippen LogP contribution < -0.4 is 10.5 Å². The number of hydrogen-bond donors (Lipinski definition) is 1. The molecule has 0 aliphatic rings. The Morgan fingerprint density at radius 1 is 1.11 bits per heavy atom. The van der Waals surface area contributed by atoms with Gasteiger partial charge in [0.15, 0.2) is 9.84 Å². The molecule has 19 heavy (non-hydrogen) atoms. The highest BCUT2D eigenvalue weighted by atomic mass is 32.2. The second-order valence-corrected chi connectivity index (χ2v) is 6.30. The van der Waals surface area contributed by atoms with Gasteiger partial charge in [-0.15, -0.1) is 0 Å². The molecule has 4 nitrogen and oxygen atoms in total. The molecule has 2 N–H and O–H groups in total. The van der Waals surface area contributed by atoms with Gasteiger partial charge in [-0.05, 0) is 35.9 Å². The fraction of sp³-hybridized carbons (Fsp3) is 0.143. The molecule has 0 fully saturated rings. The van der Waals surface area contributed by atoms with E-state index < -0.39 is 9.84 Å². The topological polar surface area (TPSA) is 69.4 Å². The number of hydrogen-bond acceptors (Lipinski definition) is 4. The Labute approximate surface area is 112 Å². The summed E-state index contributed by atoms with van der Waals surface area (Å²) in [4.78, 5) is 0.248. The smallest absolute Gasteiger partial charge is 0.175 e. The van der Waals surface area contributed by atoms with Gasteiger partial charge >= 0.3 is 0 Å². The van der Waals surface area contributed by atoms with E-state index in [1.54, 1.807) is 24.3 Å². The zero-order valence-corrected chi connectivity index (χ0v) is 11.4. The summed E-state index contributed by atoms with van der Waals surface area (Å²) in [5.74, 6) is 0.519. The number of ether oxygens (including phenoxy) is 1. The summed E-state index contributed by atoms with van der Waals surface area (Å²) in [6.45, 7) is 0.345. The lowest BCUT2D eigenvalue weighted by molar-refractivity contribution is 0.305. The Bertz CT molecular complexity index is 681. The van der Waals surface area contributed by atoms with Crippen LogP contribution in [0.4, 0.5) is 5.69 Å². The maximum atomic E-state index is 11.4. The van der Waals surface area contributed by atoms with E-state index in [2.05, 4.69) is 0 Å². The van der Waals surface area contributed by atoms with Gasteiger partial charge in [0.2, 0.25) is 0 Å². The van der Waals surface area contributed by atoms with E-state index in [1.165, 1.54) is 12.3 Å². The average molecular weight is 277 g/mol. The molecule has 0 amide bonds. The summed E-state index contributed by atoms with van der Waals surface area (Å²) in [6.07, 6.45) is 1.17. The largest absolute Gasteiger partial charge is 0.489 e. The van der Waals surface area contributed by atoms with Crippen molar-refractivity contribution in [2.24, 2.45) is 0 Å². The molecule has 0 saturated carbocycles. The molecule has 0 aliphatic carbocycles. The first-order valence-electron chi connectivity index (χ1n) is 5.72. The van der Waals surface area contributed by atoms with Crippen LogP contribution in [0.25, 0.3) is 0 Å². The standard InChI is InChI=1S/C14H15NO3S/c1-19(16,17)14-7-3-6-13(9-14)18-10-11-4-2-5-12(15)8-11/h2-9H,10,15H2,1H3. The van der Waals surface area contributed by atoms with E-state index in [0.29, 0.717) is 18.0 Å². The van der Waals surface area contributed by atoms with Gasteiger partial charge in [0.25, 0.3) is 0 Å². The Morgan fingerprint density at radius 3 is 2.53 bits per heavy atom. The first kappa shape index (κ1) is 13.4. The predicted octanol–water partition coefficient (Wildman–Crippen LogP) is 2.25. The monoisotopic (exact) mass is 277 g/mol. The molecule has 2 rings (SSSR count). The van der Waals surface area contributed by atoms with Crippen molar-refractivity contribution in [2.45, 2.75) is 11.5 Å². The van der Waals surface area contributed by atoms with Crippen LogP contribution in [0.5, 0.6) is 5.75 Å². The molecule has 2 aromatic rings. The molecule has 0 unspecified atom stereocenters.